The summed E-state index contributed by atoms with van der Waals surface area (Å²) in [6, 6.07) is 19.9. The third-order valence-corrected chi connectivity index (χ3v) is 3.93. The predicted octanol–water partition coefficient (Wildman–Crippen LogP) is 5.44. The number of hydrogen-bond acceptors (Lipinski definition) is 1. The van der Waals surface area contributed by atoms with E-state index in [0.29, 0.717) is 6.04 Å². The molecule has 1 unspecified atom stereocenters. The molecule has 2 aromatic carbocycles. The van der Waals surface area contributed by atoms with Crippen LogP contribution in [0.2, 0.25) is 0 Å². The van der Waals surface area contributed by atoms with Crippen molar-refractivity contribution in [1.29, 1.82) is 0 Å². The molecule has 0 heterocycles. The summed E-state index contributed by atoms with van der Waals surface area (Å²) in [6.45, 7) is 7.91. The van der Waals surface area contributed by atoms with E-state index < -0.39 is 0 Å². The minimum atomic E-state index is 0.419. The quantitative estimate of drug-likeness (QED) is 0.666. The lowest BCUT2D eigenvalue weighted by Gasteiger charge is -2.15. The first-order valence-electron chi connectivity index (χ1n) is 8.05. The predicted molar refractivity (Wildman–Crippen MR) is 92.4 cm³/mol. The Balaban J connectivity index is 1.89. The van der Waals surface area contributed by atoms with Gasteiger partial charge in [-0.25, -0.2) is 0 Å². The van der Waals surface area contributed by atoms with Crippen LogP contribution in [0.4, 0.5) is 0 Å². The Morgan fingerprint density at radius 3 is 2.05 bits per heavy atom. The van der Waals surface area contributed by atoms with Gasteiger partial charge in [0, 0.05) is 6.04 Å². The highest BCUT2D eigenvalue weighted by Gasteiger charge is 2.05. The normalized spacial score (nSPS) is 12.6. The Morgan fingerprint density at radius 1 is 0.810 bits per heavy atom. The topological polar surface area (TPSA) is 12.0 Å². The van der Waals surface area contributed by atoms with E-state index in [1.54, 1.807) is 0 Å². The fraction of sp³-hybridized carbons (Fsp3) is 0.400. The average molecular weight is 281 g/mol. The maximum Gasteiger partial charge on any atom is 0.0291 e. The van der Waals surface area contributed by atoms with Crippen molar-refractivity contribution >= 4 is 0 Å². The smallest absolute Gasteiger partial charge is 0.0291 e. The second kappa shape index (κ2) is 7.99. The van der Waals surface area contributed by atoms with E-state index >= 15 is 0 Å². The fourth-order valence-corrected chi connectivity index (χ4v) is 2.54. The van der Waals surface area contributed by atoms with E-state index in [0.717, 1.165) is 12.5 Å². The van der Waals surface area contributed by atoms with E-state index in [-0.39, 0.29) is 0 Å². The van der Waals surface area contributed by atoms with Crippen LogP contribution < -0.4 is 5.32 Å². The van der Waals surface area contributed by atoms with Gasteiger partial charge in [0.15, 0.2) is 0 Å². The van der Waals surface area contributed by atoms with Crippen molar-refractivity contribution in [3.8, 4) is 11.1 Å². The van der Waals surface area contributed by atoms with Crippen molar-refractivity contribution in [2.75, 3.05) is 6.54 Å². The van der Waals surface area contributed by atoms with Gasteiger partial charge in [-0.2, -0.15) is 0 Å². The molecule has 1 atom stereocenters. The minimum Gasteiger partial charge on any atom is -0.310 e. The molecule has 0 amide bonds. The Bertz CT molecular complexity index is 513. The molecule has 2 rings (SSSR count). The molecule has 2 aromatic rings. The van der Waals surface area contributed by atoms with Gasteiger partial charge in [0.05, 0.1) is 0 Å². The third-order valence-electron chi connectivity index (χ3n) is 3.93. The molecule has 21 heavy (non-hydrogen) atoms. The minimum absolute atomic E-state index is 0.419. The van der Waals surface area contributed by atoms with Crippen LogP contribution in [0.3, 0.4) is 0 Å². The molecule has 0 spiro atoms. The fourth-order valence-electron chi connectivity index (χ4n) is 2.54. The standard InChI is InChI=1S/C20H27N/c1-16(2)8-7-15-21-17(3)18-11-13-20(14-12-18)19-9-5-4-6-10-19/h4-6,9-14,16-17,21H,7-8,15H2,1-3H3. The third kappa shape index (κ3) is 5.02. The summed E-state index contributed by atoms with van der Waals surface area (Å²) < 4.78 is 0. The molecular formula is C20H27N. The second-order valence-electron chi connectivity index (χ2n) is 6.20. The van der Waals surface area contributed by atoms with Crippen LogP contribution in [0.5, 0.6) is 0 Å². The number of rotatable bonds is 7. The lowest BCUT2D eigenvalue weighted by molar-refractivity contribution is 0.497. The van der Waals surface area contributed by atoms with Crippen LogP contribution in [0.25, 0.3) is 11.1 Å². The highest BCUT2D eigenvalue weighted by atomic mass is 14.9. The molecule has 0 aliphatic carbocycles. The molecule has 1 N–H and O–H groups in total. The highest BCUT2D eigenvalue weighted by molar-refractivity contribution is 5.63. The first-order chi connectivity index (χ1) is 10.2. The van der Waals surface area contributed by atoms with Crippen molar-refractivity contribution in [1.82, 2.24) is 5.32 Å². The summed E-state index contributed by atoms with van der Waals surface area (Å²) in [6.07, 6.45) is 2.55. The van der Waals surface area contributed by atoms with Gasteiger partial charge in [-0.1, -0.05) is 68.4 Å². The van der Waals surface area contributed by atoms with E-state index in [9.17, 15) is 0 Å². The SMILES string of the molecule is CC(C)CCCNC(C)c1ccc(-c2ccccc2)cc1. The van der Waals surface area contributed by atoms with Gasteiger partial charge in [0.25, 0.3) is 0 Å². The van der Waals surface area contributed by atoms with Crippen LogP contribution in [-0.2, 0) is 0 Å². The summed E-state index contributed by atoms with van der Waals surface area (Å²) in [5.41, 5.74) is 3.92. The van der Waals surface area contributed by atoms with Gasteiger partial charge in [-0.15, -0.1) is 0 Å². The first kappa shape index (κ1) is 15.8. The van der Waals surface area contributed by atoms with E-state index in [2.05, 4.69) is 80.7 Å². The number of nitrogens with one attached hydrogen (secondary N) is 1. The van der Waals surface area contributed by atoms with Gasteiger partial charge >= 0.3 is 0 Å². The van der Waals surface area contributed by atoms with Crippen LogP contribution >= 0.6 is 0 Å². The van der Waals surface area contributed by atoms with Crippen LogP contribution in [0, 0.1) is 5.92 Å². The summed E-state index contributed by atoms with van der Waals surface area (Å²) in [5, 5.41) is 3.61. The molecular weight excluding hydrogens is 254 g/mol. The molecule has 112 valence electrons. The average Bonchev–Trinajstić information content (AvgIpc) is 2.52. The molecule has 0 saturated heterocycles. The summed E-state index contributed by atoms with van der Waals surface area (Å²) in [4.78, 5) is 0. The Morgan fingerprint density at radius 2 is 1.43 bits per heavy atom. The number of hydrogen-bond donors (Lipinski definition) is 1. The second-order valence-corrected chi connectivity index (χ2v) is 6.20. The van der Waals surface area contributed by atoms with Crippen LogP contribution in [0.15, 0.2) is 54.6 Å². The van der Waals surface area contributed by atoms with Crippen molar-refractivity contribution < 1.29 is 0 Å². The van der Waals surface area contributed by atoms with Gasteiger partial charge in [-0.05, 0) is 48.9 Å². The lowest BCUT2D eigenvalue weighted by Crippen LogP contribution is -2.20. The van der Waals surface area contributed by atoms with Crippen LogP contribution in [-0.4, -0.2) is 6.54 Å². The van der Waals surface area contributed by atoms with Gasteiger partial charge < -0.3 is 5.32 Å². The molecule has 0 aliphatic heterocycles. The zero-order chi connectivity index (χ0) is 15.1. The van der Waals surface area contributed by atoms with Crippen molar-refractivity contribution in [2.24, 2.45) is 5.92 Å². The van der Waals surface area contributed by atoms with Gasteiger partial charge in [0.2, 0.25) is 0 Å². The van der Waals surface area contributed by atoms with Crippen molar-refractivity contribution in [3.05, 3.63) is 60.2 Å². The molecule has 1 nitrogen and oxygen atoms in total. The summed E-state index contributed by atoms with van der Waals surface area (Å²) >= 11 is 0. The zero-order valence-corrected chi connectivity index (χ0v) is 13.5. The van der Waals surface area contributed by atoms with Crippen molar-refractivity contribution in [2.45, 2.75) is 39.7 Å². The maximum atomic E-state index is 3.61. The molecule has 1 heteroatoms. The Hall–Kier alpha value is -1.60. The van der Waals surface area contributed by atoms with Crippen molar-refractivity contribution in [3.63, 3.8) is 0 Å². The van der Waals surface area contributed by atoms with E-state index in [1.807, 2.05) is 0 Å². The summed E-state index contributed by atoms with van der Waals surface area (Å²) in [5.74, 6) is 0.798. The van der Waals surface area contributed by atoms with Gasteiger partial charge in [0.1, 0.15) is 0 Å². The molecule has 0 fully saturated rings. The zero-order valence-electron chi connectivity index (χ0n) is 13.5. The lowest BCUT2D eigenvalue weighted by atomic mass is 10.0. The van der Waals surface area contributed by atoms with E-state index in [1.165, 1.54) is 29.5 Å². The largest absolute Gasteiger partial charge is 0.310 e. The first-order valence-corrected chi connectivity index (χ1v) is 8.05. The molecule has 0 bridgehead atoms. The van der Waals surface area contributed by atoms with E-state index in [4.69, 9.17) is 0 Å². The molecule has 0 aromatic heterocycles. The highest BCUT2D eigenvalue weighted by Crippen LogP contribution is 2.21. The van der Waals surface area contributed by atoms with Gasteiger partial charge in [-0.3, -0.25) is 0 Å². The Kier molecular flexibility index (Phi) is 6.01. The van der Waals surface area contributed by atoms with Crippen LogP contribution in [0.1, 0.15) is 45.2 Å². The molecule has 0 aliphatic rings. The summed E-state index contributed by atoms with van der Waals surface area (Å²) in [7, 11) is 0. The number of benzene rings is 2. The molecule has 0 radical (unpaired) electrons. The Labute approximate surface area is 129 Å². The monoisotopic (exact) mass is 281 g/mol. The maximum absolute atomic E-state index is 3.61. The molecule has 0 saturated carbocycles.